The zero-order valence-corrected chi connectivity index (χ0v) is 19.3. The van der Waals surface area contributed by atoms with Gasteiger partial charge in [-0.1, -0.05) is 13.0 Å². The highest BCUT2D eigenvalue weighted by atomic mass is 16.3. The zero-order valence-electron chi connectivity index (χ0n) is 19.3. The summed E-state index contributed by atoms with van der Waals surface area (Å²) in [6.45, 7) is 8.09. The number of aliphatic hydroxyl groups is 1. The standard InChI is InChI=1S/C27H42N2O/c1-18(29-17-19-5-4-14-28-16-19)24-8-9-25-23-7-6-20-15-26(2,30)12-10-21(20)22(23)11-13-27(24,25)3/h4-5,14,16,18,20-25,29-30H,6-13,15,17H2,1-3H3/t18-,20+,21-,22+,23+,24?,25-,26+,27+/m0/s1. The number of rotatable bonds is 4. The molecule has 1 heterocycles. The topological polar surface area (TPSA) is 45.2 Å². The van der Waals surface area contributed by atoms with E-state index in [1.807, 2.05) is 18.5 Å². The SMILES string of the molecule is C[C@H](NCc1cccnc1)C1CC[C@H]2[C@@H]3CC[C@@H]4C[C@](C)(O)CC[C@@H]4[C@H]3CC[C@]12C. The van der Waals surface area contributed by atoms with Crippen LogP contribution in [0.25, 0.3) is 0 Å². The molecule has 9 atom stereocenters. The van der Waals surface area contributed by atoms with Gasteiger partial charge in [0.05, 0.1) is 5.60 Å². The van der Waals surface area contributed by atoms with Crippen LogP contribution in [-0.2, 0) is 6.54 Å². The van der Waals surface area contributed by atoms with Crippen LogP contribution in [0, 0.1) is 40.9 Å². The summed E-state index contributed by atoms with van der Waals surface area (Å²) in [5, 5.41) is 14.5. The van der Waals surface area contributed by atoms with Crippen molar-refractivity contribution in [3.05, 3.63) is 30.1 Å². The van der Waals surface area contributed by atoms with Crippen molar-refractivity contribution >= 4 is 0 Å². The van der Waals surface area contributed by atoms with Crippen molar-refractivity contribution in [1.29, 1.82) is 0 Å². The highest BCUT2D eigenvalue weighted by molar-refractivity contribution is 5.10. The first-order chi connectivity index (χ1) is 14.4. The molecule has 4 aliphatic rings. The Morgan fingerprint density at radius 2 is 1.90 bits per heavy atom. The average Bonchev–Trinajstić information content (AvgIpc) is 3.09. The van der Waals surface area contributed by atoms with Gasteiger partial charge in [0.15, 0.2) is 0 Å². The fraction of sp³-hybridized carbons (Fsp3) is 0.815. The van der Waals surface area contributed by atoms with E-state index in [2.05, 4.69) is 37.1 Å². The predicted molar refractivity (Wildman–Crippen MR) is 122 cm³/mol. The third-order valence-electron chi connectivity index (χ3n) is 10.3. The summed E-state index contributed by atoms with van der Waals surface area (Å²) in [5.41, 5.74) is 1.40. The van der Waals surface area contributed by atoms with Crippen LogP contribution in [-0.4, -0.2) is 21.7 Å². The highest BCUT2D eigenvalue weighted by Crippen LogP contribution is 2.65. The van der Waals surface area contributed by atoms with E-state index in [1.165, 1.54) is 50.5 Å². The van der Waals surface area contributed by atoms with Gasteiger partial charge in [0.25, 0.3) is 0 Å². The van der Waals surface area contributed by atoms with Gasteiger partial charge in [0.2, 0.25) is 0 Å². The summed E-state index contributed by atoms with van der Waals surface area (Å²) >= 11 is 0. The maximum Gasteiger partial charge on any atom is 0.0622 e. The predicted octanol–water partition coefficient (Wildman–Crippen LogP) is 5.58. The number of hydrogen-bond donors (Lipinski definition) is 2. The summed E-state index contributed by atoms with van der Waals surface area (Å²) in [4.78, 5) is 4.27. The molecule has 30 heavy (non-hydrogen) atoms. The molecule has 1 aromatic heterocycles. The van der Waals surface area contributed by atoms with Gasteiger partial charge in [0.1, 0.15) is 0 Å². The van der Waals surface area contributed by atoms with Gasteiger partial charge in [-0.05, 0) is 124 Å². The van der Waals surface area contributed by atoms with E-state index < -0.39 is 5.60 Å². The van der Waals surface area contributed by atoms with Crippen molar-refractivity contribution in [2.24, 2.45) is 40.9 Å². The Balaban J connectivity index is 1.26. The lowest BCUT2D eigenvalue weighted by Gasteiger charge is -2.57. The van der Waals surface area contributed by atoms with Crippen molar-refractivity contribution in [2.75, 3.05) is 0 Å². The Morgan fingerprint density at radius 3 is 2.70 bits per heavy atom. The second-order valence-corrected chi connectivity index (χ2v) is 11.9. The molecule has 1 unspecified atom stereocenters. The number of hydrogen-bond acceptors (Lipinski definition) is 3. The summed E-state index contributed by atoms with van der Waals surface area (Å²) in [5.74, 6) is 5.29. The van der Waals surface area contributed by atoms with Crippen LogP contribution in [0.4, 0.5) is 0 Å². The zero-order chi connectivity index (χ0) is 20.9. The Bertz CT molecular complexity index is 734. The van der Waals surface area contributed by atoms with Crippen LogP contribution in [0.3, 0.4) is 0 Å². The molecule has 0 aromatic carbocycles. The van der Waals surface area contributed by atoms with Crippen LogP contribution >= 0.6 is 0 Å². The first-order valence-corrected chi connectivity index (χ1v) is 12.7. The van der Waals surface area contributed by atoms with Crippen LogP contribution < -0.4 is 5.32 Å². The van der Waals surface area contributed by atoms with Crippen LogP contribution in [0.5, 0.6) is 0 Å². The normalized spacial score (nSPS) is 46.5. The van der Waals surface area contributed by atoms with Crippen LogP contribution in [0.15, 0.2) is 24.5 Å². The largest absolute Gasteiger partial charge is 0.390 e. The van der Waals surface area contributed by atoms with E-state index >= 15 is 0 Å². The molecule has 5 rings (SSSR count). The minimum Gasteiger partial charge on any atom is -0.390 e. The summed E-state index contributed by atoms with van der Waals surface area (Å²) < 4.78 is 0. The van der Waals surface area contributed by atoms with Crippen LogP contribution in [0.1, 0.15) is 84.1 Å². The Morgan fingerprint density at radius 1 is 1.07 bits per heavy atom. The van der Waals surface area contributed by atoms with Crippen molar-refractivity contribution in [3.8, 4) is 0 Å². The average molecular weight is 411 g/mol. The molecule has 3 nitrogen and oxygen atoms in total. The van der Waals surface area contributed by atoms with Gasteiger partial charge >= 0.3 is 0 Å². The molecule has 166 valence electrons. The van der Waals surface area contributed by atoms with Crippen molar-refractivity contribution in [3.63, 3.8) is 0 Å². The molecule has 0 aliphatic heterocycles. The number of fused-ring (bicyclic) bond motifs is 5. The lowest BCUT2D eigenvalue weighted by molar-refractivity contribution is -0.101. The fourth-order valence-corrected chi connectivity index (χ4v) is 8.87. The molecular weight excluding hydrogens is 368 g/mol. The maximum absolute atomic E-state index is 10.6. The molecule has 0 radical (unpaired) electrons. The lowest BCUT2D eigenvalue weighted by atomic mass is 9.49. The summed E-state index contributed by atoms with van der Waals surface area (Å²) in [6, 6.07) is 4.78. The van der Waals surface area contributed by atoms with Crippen molar-refractivity contribution in [1.82, 2.24) is 10.3 Å². The van der Waals surface area contributed by atoms with Gasteiger partial charge in [-0.15, -0.1) is 0 Å². The molecule has 1 aromatic rings. The molecular formula is C27H42N2O. The third-order valence-corrected chi connectivity index (χ3v) is 10.3. The van der Waals surface area contributed by atoms with Gasteiger partial charge in [-0.3, -0.25) is 4.98 Å². The number of pyridine rings is 1. The molecule has 4 saturated carbocycles. The molecule has 4 aliphatic carbocycles. The summed E-state index contributed by atoms with van der Waals surface area (Å²) in [6.07, 6.45) is 15.7. The van der Waals surface area contributed by atoms with E-state index in [0.29, 0.717) is 11.5 Å². The quantitative estimate of drug-likeness (QED) is 0.681. The van der Waals surface area contributed by atoms with E-state index in [9.17, 15) is 5.11 Å². The fourth-order valence-electron chi connectivity index (χ4n) is 8.87. The number of nitrogens with zero attached hydrogens (tertiary/aromatic N) is 1. The van der Waals surface area contributed by atoms with E-state index in [1.54, 1.807) is 0 Å². The molecule has 0 spiro atoms. The first-order valence-electron chi connectivity index (χ1n) is 12.7. The molecule has 0 amide bonds. The minimum absolute atomic E-state index is 0.398. The van der Waals surface area contributed by atoms with Crippen molar-refractivity contribution < 1.29 is 5.11 Å². The van der Waals surface area contributed by atoms with E-state index in [-0.39, 0.29) is 0 Å². The third kappa shape index (κ3) is 3.64. The Labute approximate surface area is 183 Å². The van der Waals surface area contributed by atoms with Gasteiger partial charge in [-0.2, -0.15) is 0 Å². The molecule has 4 fully saturated rings. The molecule has 3 heteroatoms. The van der Waals surface area contributed by atoms with Gasteiger partial charge in [0, 0.05) is 25.0 Å². The maximum atomic E-state index is 10.6. The minimum atomic E-state index is -0.398. The Hall–Kier alpha value is -0.930. The van der Waals surface area contributed by atoms with E-state index in [0.717, 1.165) is 54.9 Å². The van der Waals surface area contributed by atoms with Crippen molar-refractivity contribution in [2.45, 2.75) is 96.7 Å². The Kier molecular flexibility index (Phi) is 5.51. The van der Waals surface area contributed by atoms with Gasteiger partial charge in [-0.25, -0.2) is 0 Å². The van der Waals surface area contributed by atoms with Gasteiger partial charge < -0.3 is 10.4 Å². The highest BCUT2D eigenvalue weighted by Gasteiger charge is 2.58. The molecule has 0 bridgehead atoms. The van der Waals surface area contributed by atoms with Crippen LogP contribution in [0.2, 0.25) is 0 Å². The number of nitrogens with one attached hydrogen (secondary N) is 1. The summed E-state index contributed by atoms with van der Waals surface area (Å²) in [7, 11) is 0. The molecule has 2 N–H and O–H groups in total. The molecule has 0 saturated heterocycles. The first kappa shape index (κ1) is 20.9. The lowest BCUT2D eigenvalue weighted by Crippen LogP contribution is -2.52. The van der Waals surface area contributed by atoms with E-state index in [4.69, 9.17) is 0 Å². The second-order valence-electron chi connectivity index (χ2n) is 11.9. The second kappa shape index (κ2) is 7.89. The number of aromatic nitrogens is 1. The monoisotopic (exact) mass is 410 g/mol. The smallest absolute Gasteiger partial charge is 0.0622 e.